The molecule has 58 valence electrons. The van der Waals surface area contributed by atoms with Crippen LogP contribution >= 0.6 is 24.0 Å². The van der Waals surface area contributed by atoms with Crippen molar-refractivity contribution in [2.24, 2.45) is 0 Å². The molecule has 0 aliphatic heterocycles. The molecule has 0 atom stereocenters. The molecule has 1 aromatic heterocycles. The standard InChI is InChI=1S/C8H8OS2/c9-5-8-4-7(6-11-8)2-1-3-10/h4,6,9-10H,3,5H2. The maximum Gasteiger partial charge on any atom is 0.0774 e. The van der Waals surface area contributed by atoms with Crippen LogP contribution in [0.5, 0.6) is 0 Å². The Morgan fingerprint density at radius 2 is 2.45 bits per heavy atom. The summed E-state index contributed by atoms with van der Waals surface area (Å²) in [6, 6.07) is 1.89. The molecule has 11 heavy (non-hydrogen) atoms. The molecule has 0 amide bonds. The van der Waals surface area contributed by atoms with E-state index in [0.717, 1.165) is 10.4 Å². The van der Waals surface area contributed by atoms with Crippen LogP contribution in [0.25, 0.3) is 0 Å². The maximum atomic E-state index is 8.72. The predicted octanol–water partition coefficient (Wildman–Crippen LogP) is 1.52. The molecule has 0 aliphatic carbocycles. The van der Waals surface area contributed by atoms with Crippen LogP contribution in [0.15, 0.2) is 11.4 Å². The highest BCUT2D eigenvalue weighted by atomic mass is 32.1. The lowest BCUT2D eigenvalue weighted by Crippen LogP contribution is -1.72. The van der Waals surface area contributed by atoms with Gasteiger partial charge in [-0.2, -0.15) is 12.6 Å². The van der Waals surface area contributed by atoms with Crippen molar-refractivity contribution < 1.29 is 5.11 Å². The maximum absolute atomic E-state index is 8.72. The van der Waals surface area contributed by atoms with Gasteiger partial charge in [0, 0.05) is 15.8 Å². The molecule has 0 unspecified atom stereocenters. The first kappa shape index (κ1) is 8.66. The monoisotopic (exact) mass is 184 g/mol. The Bertz CT molecular complexity index is 280. The van der Waals surface area contributed by atoms with Crippen LogP contribution in [-0.2, 0) is 6.61 Å². The average molecular weight is 184 g/mol. The lowest BCUT2D eigenvalue weighted by Gasteiger charge is -1.80. The molecular weight excluding hydrogens is 176 g/mol. The smallest absolute Gasteiger partial charge is 0.0774 e. The quantitative estimate of drug-likeness (QED) is 0.501. The van der Waals surface area contributed by atoms with Gasteiger partial charge in [-0.15, -0.1) is 11.3 Å². The zero-order chi connectivity index (χ0) is 8.10. The largest absolute Gasteiger partial charge is 0.391 e. The minimum absolute atomic E-state index is 0.104. The third-order valence-corrected chi connectivity index (χ3v) is 2.20. The predicted molar refractivity (Wildman–Crippen MR) is 51.0 cm³/mol. The van der Waals surface area contributed by atoms with E-state index in [-0.39, 0.29) is 6.61 Å². The van der Waals surface area contributed by atoms with E-state index >= 15 is 0 Å². The number of thiol groups is 1. The number of thiophene rings is 1. The number of aliphatic hydroxyl groups excluding tert-OH is 1. The van der Waals surface area contributed by atoms with E-state index in [1.807, 2.05) is 11.4 Å². The minimum Gasteiger partial charge on any atom is -0.391 e. The highest BCUT2D eigenvalue weighted by Crippen LogP contribution is 2.12. The average Bonchev–Trinajstić information content (AvgIpc) is 2.48. The van der Waals surface area contributed by atoms with Crippen molar-refractivity contribution in [3.63, 3.8) is 0 Å². The third kappa shape index (κ3) is 2.58. The Morgan fingerprint density at radius 3 is 3.00 bits per heavy atom. The summed E-state index contributed by atoms with van der Waals surface area (Å²) in [6.45, 7) is 0.104. The summed E-state index contributed by atoms with van der Waals surface area (Å²) in [5.41, 5.74) is 0.966. The third-order valence-electron chi connectivity index (χ3n) is 1.12. The van der Waals surface area contributed by atoms with E-state index in [4.69, 9.17) is 5.11 Å². The molecule has 0 saturated carbocycles. The molecule has 3 heteroatoms. The highest BCUT2D eigenvalue weighted by molar-refractivity contribution is 7.80. The summed E-state index contributed by atoms with van der Waals surface area (Å²) in [4.78, 5) is 0.952. The van der Waals surface area contributed by atoms with E-state index in [0.29, 0.717) is 5.75 Å². The molecule has 0 aliphatic rings. The van der Waals surface area contributed by atoms with Crippen LogP contribution in [0.4, 0.5) is 0 Å². The van der Waals surface area contributed by atoms with E-state index in [2.05, 4.69) is 24.5 Å². The van der Waals surface area contributed by atoms with Crippen molar-refractivity contribution in [1.29, 1.82) is 0 Å². The first-order chi connectivity index (χ1) is 5.36. The lowest BCUT2D eigenvalue weighted by atomic mass is 10.3. The van der Waals surface area contributed by atoms with Crippen molar-refractivity contribution in [2.45, 2.75) is 6.61 Å². The molecule has 0 bridgehead atoms. The van der Waals surface area contributed by atoms with Crippen molar-refractivity contribution >= 4 is 24.0 Å². The fraction of sp³-hybridized carbons (Fsp3) is 0.250. The van der Waals surface area contributed by atoms with Crippen LogP contribution in [0, 0.1) is 11.8 Å². The van der Waals surface area contributed by atoms with Gasteiger partial charge in [-0.05, 0) is 6.07 Å². The number of rotatable bonds is 1. The fourth-order valence-electron chi connectivity index (χ4n) is 0.671. The Hall–Kier alpha value is -0.430. The summed E-state index contributed by atoms with van der Waals surface area (Å²) in [6.07, 6.45) is 0. The van der Waals surface area contributed by atoms with Gasteiger partial charge in [0.2, 0.25) is 0 Å². The topological polar surface area (TPSA) is 20.2 Å². The molecule has 1 N–H and O–H groups in total. The van der Waals surface area contributed by atoms with E-state index < -0.39 is 0 Å². The van der Waals surface area contributed by atoms with Gasteiger partial charge in [-0.1, -0.05) is 11.8 Å². The number of hydrogen-bond acceptors (Lipinski definition) is 3. The number of hydrogen-bond donors (Lipinski definition) is 2. The van der Waals surface area contributed by atoms with Gasteiger partial charge in [0.15, 0.2) is 0 Å². The lowest BCUT2D eigenvalue weighted by molar-refractivity contribution is 0.285. The molecule has 0 radical (unpaired) electrons. The van der Waals surface area contributed by atoms with E-state index in [9.17, 15) is 0 Å². The molecule has 1 nitrogen and oxygen atoms in total. The van der Waals surface area contributed by atoms with E-state index in [1.54, 1.807) is 0 Å². The zero-order valence-electron chi connectivity index (χ0n) is 5.87. The fourth-order valence-corrected chi connectivity index (χ4v) is 1.42. The number of aliphatic hydroxyl groups is 1. The van der Waals surface area contributed by atoms with Crippen molar-refractivity contribution in [2.75, 3.05) is 5.75 Å². The van der Waals surface area contributed by atoms with E-state index in [1.165, 1.54) is 11.3 Å². The zero-order valence-corrected chi connectivity index (χ0v) is 7.58. The summed E-state index contributed by atoms with van der Waals surface area (Å²) in [5.74, 6) is 6.34. The molecule has 0 saturated heterocycles. The molecule has 1 aromatic rings. The SMILES string of the molecule is OCc1cc(C#CCS)cs1. The second-order valence-corrected chi connectivity index (χ2v) is 3.23. The van der Waals surface area contributed by atoms with Gasteiger partial charge >= 0.3 is 0 Å². The second kappa shape index (κ2) is 4.45. The summed E-state index contributed by atoms with van der Waals surface area (Å²) in [5, 5.41) is 10.7. The molecule has 1 heterocycles. The first-order valence-electron chi connectivity index (χ1n) is 3.15. The van der Waals surface area contributed by atoms with Crippen LogP contribution in [0.1, 0.15) is 10.4 Å². The van der Waals surface area contributed by atoms with Gasteiger partial charge < -0.3 is 5.11 Å². The molecule has 0 fully saturated rings. The van der Waals surface area contributed by atoms with Gasteiger partial charge in [0.1, 0.15) is 0 Å². The summed E-state index contributed by atoms with van der Waals surface area (Å²) in [7, 11) is 0. The van der Waals surface area contributed by atoms with Gasteiger partial charge in [-0.3, -0.25) is 0 Å². The first-order valence-corrected chi connectivity index (χ1v) is 4.66. The Morgan fingerprint density at radius 1 is 1.64 bits per heavy atom. The van der Waals surface area contributed by atoms with Gasteiger partial charge in [-0.25, -0.2) is 0 Å². The normalized spacial score (nSPS) is 8.91. The Kier molecular flexibility index (Phi) is 3.50. The van der Waals surface area contributed by atoms with Crippen molar-refractivity contribution in [3.8, 4) is 11.8 Å². The van der Waals surface area contributed by atoms with Crippen LogP contribution in [-0.4, -0.2) is 10.9 Å². The summed E-state index contributed by atoms with van der Waals surface area (Å²) < 4.78 is 0. The van der Waals surface area contributed by atoms with Crippen LogP contribution in [0.2, 0.25) is 0 Å². The van der Waals surface area contributed by atoms with Crippen molar-refractivity contribution in [1.82, 2.24) is 0 Å². The second-order valence-electron chi connectivity index (χ2n) is 1.92. The Labute approximate surface area is 75.5 Å². The molecule has 0 aromatic carbocycles. The molecular formula is C8H8OS2. The van der Waals surface area contributed by atoms with Gasteiger partial charge in [0.05, 0.1) is 12.4 Å². The Balaban J connectivity index is 2.72. The molecule has 0 spiro atoms. The van der Waals surface area contributed by atoms with Crippen molar-refractivity contribution in [3.05, 3.63) is 21.9 Å². The van der Waals surface area contributed by atoms with Crippen LogP contribution < -0.4 is 0 Å². The molecule has 1 rings (SSSR count). The minimum atomic E-state index is 0.104. The highest BCUT2D eigenvalue weighted by Gasteiger charge is 1.93. The van der Waals surface area contributed by atoms with Crippen LogP contribution in [0.3, 0.4) is 0 Å². The van der Waals surface area contributed by atoms with Gasteiger partial charge in [0.25, 0.3) is 0 Å². The summed E-state index contributed by atoms with van der Waals surface area (Å²) >= 11 is 5.48.